The zero-order valence-corrected chi connectivity index (χ0v) is 12.4. The van der Waals surface area contributed by atoms with Crippen molar-refractivity contribution in [3.8, 4) is 18.2 Å². The first-order valence-corrected chi connectivity index (χ1v) is 6.94. The SMILES string of the molecule is CCCN(CCC)c1[nH+]c(N)c(C#N)c(CC#N)c1C#N. The zero-order chi connectivity index (χ0) is 15.8. The molecule has 1 heterocycles. The molecule has 0 bridgehead atoms. The number of nitrogens with zero attached hydrogens (tertiary/aromatic N) is 4. The lowest BCUT2D eigenvalue weighted by Crippen LogP contribution is -2.34. The molecule has 1 aromatic heterocycles. The smallest absolute Gasteiger partial charge is 0.240 e. The molecule has 0 amide bonds. The van der Waals surface area contributed by atoms with Gasteiger partial charge in [-0.05, 0) is 12.8 Å². The first-order valence-electron chi connectivity index (χ1n) is 6.94. The molecule has 0 aliphatic heterocycles. The van der Waals surface area contributed by atoms with Crippen LogP contribution in [-0.4, -0.2) is 13.1 Å². The van der Waals surface area contributed by atoms with E-state index in [1.165, 1.54) is 0 Å². The van der Waals surface area contributed by atoms with E-state index >= 15 is 0 Å². The van der Waals surface area contributed by atoms with Crippen molar-refractivity contribution in [2.45, 2.75) is 33.1 Å². The largest absolute Gasteiger partial charge is 0.318 e. The Balaban J connectivity index is 3.56. The van der Waals surface area contributed by atoms with Crippen LogP contribution in [0.2, 0.25) is 0 Å². The number of nitrogens with two attached hydrogens (primary N) is 1. The van der Waals surface area contributed by atoms with E-state index in [-0.39, 0.29) is 17.8 Å². The lowest BCUT2D eigenvalue weighted by Gasteiger charge is -2.20. The molecule has 1 rings (SSSR count). The Morgan fingerprint density at radius 3 is 2.05 bits per heavy atom. The highest BCUT2D eigenvalue weighted by Crippen LogP contribution is 2.25. The summed E-state index contributed by atoms with van der Waals surface area (Å²) in [7, 11) is 0. The van der Waals surface area contributed by atoms with Gasteiger partial charge in [-0.1, -0.05) is 13.8 Å². The Labute approximate surface area is 125 Å². The minimum Gasteiger partial charge on any atom is -0.318 e. The number of H-pyrrole nitrogens is 1. The Kier molecular flexibility index (Phi) is 5.99. The summed E-state index contributed by atoms with van der Waals surface area (Å²) in [5, 5.41) is 27.6. The molecule has 0 aromatic carbocycles. The van der Waals surface area contributed by atoms with E-state index in [2.05, 4.69) is 24.9 Å². The number of aromatic nitrogens is 1. The van der Waals surface area contributed by atoms with Gasteiger partial charge in [0.1, 0.15) is 23.3 Å². The van der Waals surface area contributed by atoms with Gasteiger partial charge in [0.25, 0.3) is 0 Å². The number of pyridine rings is 1. The quantitative estimate of drug-likeness (QED) is 0.849. The van der Waals surface area contributed by atoms with Gasteiger partial charge < -0.3 is 5.73 Å². The van der Waals surface area contributed by atoms with Crippen LogP contribution in [0.25, 0.3) is 0 Å². The molecule has 108 valence electrons. The molecule has 0 fully saturated rings. The van der Waals surface area contributed by atoms with E-state index in [4.69, 9.17) is 11.0 Å². The average Bonchev–Trinajstić information content (AvgIpc) is 2.47. The third-order valence-electron chi connectivity index (χ3n) is 3.15. The summed E-state index contributed by atoms with van der Waals surface area (Å²) in [5.74, 6) is 0.803. The molecule has 0 saturated carbocycles. The molecule has 6 heteroatoms. The summed E-state index contributed by atoms with van der Waals surface area (Å²) < 4.78 is 0. The lowest BCUT2D eigenvalue weighted by atomic mass is 10.0. The van der Waals surface area contributed by atoms with Gasteiger partial charge in [-0.25, -0.2) is 4.98 Å². The van der Waals surface area contributed by atoms with Crippen molar-refractivity contribution in [3.63, 3.8) is 0 Å². The van der Waals surface area contributed by atoms with Crippen molar-refractivity contribution in [3.05, 3.63) is 16.7 Å². The summed E-state index contributed by atoms with van der Waals surface area (Å²) >= 11 is 0. The van der Waals surface area contributed by atoms with Gasteiger partial charge in [0.2, 0.25) is 11.6 Å². The van der Waals surface area contributed by atoms with Crippen LogP contribution in [0.15, 0.2) is 0 Å². The van der Waals surface area contributed by atoms with Gasteiger partial charge in [0, 0.05) is 5.56 Å². The van der Waals surface area contributed by atoms with Crippen molar-refractivity contribution in [2.75, 3.05) is 23.7 Å². The van der Waals surface area contributed by atoms with E-state index in [1.807, 2.05) is 17.0 Å². The lowest BCUT2D eigenvalue weighted by molar-refractivity contribution is -0.347. The first-order chi connectivity index (χ1) is 10.1. The van der Waals surface area contributed by atoms with Crippen LogP contribution in [0.1, 0.15) is 43.4 Å². The van der Waals surface area contributed by atoms with Gasteiger partial charge in [0.05, 0.1) is 25.6 Å². The molecule has 0 saturated heterocycles. The number of nitrogens with one attached hydrogen (secondary N) is 1. The van der Waals surface area contributed by atoms with Crippen molar-refractivity contribution >= 4 is 11.6 Å². The molecule has 0 atom stereocenters. The monoisotopic (exact) mass is 283 g/mol. The molecule has 0 spiro atoms. The van der Waals surface area contributed by atoms with Crippen LogP contribution < -0.4 is 15.6 Å². The summed E-state index contributed by atoms with van der Waals surface area (Å²) in [5.41, 5.74) is 6.82. The third-order valence-corrected chi connectivity index (χ3v) is 3.15. The number of nitriles is 3. The number of anilines is 2. The second-order valence-corrected chi connectivity index (χ2v) is 4.66. The van der Waals surface area contributed by atoms with Crippen molar-refractivity contribution in [1.82, 2.24) is 0 Å². The molecular formula is C15H19N6+. The summed E-state index contributed by atoms with van der Waals surface area (Å²) in [6.07, 6.45) is 1.84. The first kappa shape index (κ1) is 16.3. The molecule has 1 aromatic rings. The number of hydrogen-bond donors (Lipinski definition) is 1. The summed E-state index contributed by atoms with van der Waals surface area (Å²) in [6, 6.07) is 6.09. The molecule has 6 nitrogen and oxygen atoms in total. The van der Waals surface area contributed by atoms with Crippen LogP contribution >= 0.6 is 0 Å². The fourth-order valence-corrected chi connectivity index (χ4v) is 2.30. The van der Waals surface area contributed by atoms with E-state index in [9.17, 15) is 10.5 Å². The predicted octanol–water partition coefficient (Wildman–Crippen LogP) is 1.52. The minimum absolute atomic E-state index is 0.0102. The standard InChI is InChI=1S/C15H18N6/c1-3-7-21(8-4-2)15-13(10-18)11(5-6-16)12(9-17)14(19)20-15/h3-5,7-8H2,1-2H3,(H2,19,20)/p+1. The highest BCUT2D eigenvalue weighted by atomic mass is 15.2. The second-order valence-electron chi connectivity index (χ2n) is 4.66. The Bertz CT molecular complexity index is 624. The van der Waals surface area contributed by atoms with Crippen LogP contribution in [0.5, 0.6) is 0 Å². The number of hydrogen-bond acceptors (Lipinski definition) is 5. The van der Waals surface area contributed by atoms with Crippen molar-refractivity contribution < 1.29 is 4.98 Å². The molecule has 0 unspecified atom stereocenters. The number of nitrogen functional groups attached to an aromatic ring is 1. The van der Waals surface area contributed by atoms with Gasteiger partial charge >= 0.3 is 0 Å². The Hall–Kier alpha value is -2.78. The third kappa shape index (κ3) is 3.41. The Morgan fingerprint density at radius 2 is 1.62 bits per heavy atom. The maximum Gasteiger partial charge on any atom is 0.240 e. The fourth-order valence-electron chi connectivity index (χ4n) is 2.30. The van der Waals surface area contributed by atoms with E-state index in [0.717, 1.165) is 25.9 Å². The van der Waals surface area contributed by atoms with Crippen molar-refractivity contribution in [1.29, 1.82) is 15.8 Å². The number of aromatic amines is 1. The minimum atomic E-state index is -0.0102. The fraction of sp³-hybridized carbons (Fsp3) is 0.467. The normalized spacial score (nSPS) is 9.48. The predicted molar refractivity (Wildman–Crippen MR) is 79.0 cm³/mol. The van der Waals surface area contributed by atoms with Gasteiger partial charge in [-0.2, -0.15) is 15.8 Å². The highest BCUT2D eigenvalue weighted by Gasteiger charge is 2.25. The van der Waals surface area contributed by atoms with Crippen LogP contribution in [0, 0.1) is 34.0 Å². The van der Waals surface area contributed by atoms with E-state index < -0.39 is 0 Å². The molecular weight excluding hydrogens is 264 g/mol. The highest BCUT2D eigenvalue weighted by molar-refractivity contribution is 5.64. The zero-order valence-electron chi connectivity index (χ0n) is 12.4. The van der Waals surface area contributed by atoms with E-state index in [0.29, 0.717) is 16.9 Å². The van der Waals surface area contributed by atoms with Gasteiger partial charge in [-0.15, -0.1) is 0 Å². The Morgan fingerprint density at radius 1 is 1.05 bits per heavy atom. The van der Waals surface area contributed by atoms with E-state index in [1.54, 1.807) is 0 Å². The topological polar surface area (TPSA) is 115 Å². The maximum atomic E-state index is 9.47. The molecule has 3 N–H and O–H groups in total. The van der Waals surface area contributed by atoms with Crippen LogP contribution in [0.3, 0.4) is 0 Å². The molecule has 0 radical (unpaired) electrons. The van der Waals surface area contributed by atoms with Crippen LogP contribution in [-0.2, 0) is 6.42 Å². The molecule has 0 aliphatic rings. The van der Waals surface area contributed by atoms with Crippen LogP contribution in [0.4, 0.5) is 11.6 Å². The second kappa shape index (κ2) is 7.72. The van der Waals surface area contributed by atoms with Crippen molar-refractivity contribution in [2.24, 2.45) is 0 Å². The molecule has 0 aliphatic carbocycles. The molecule has 21 heavy (non-hydrogen) atoms. The van der Waals surface area contributed by atoms with Gasteiger partial charge in [-0.3, -0.25) is 4.90 Å². The summed E-state index contributed by atoms with van der Waals surface area (Å²) in [4.78, 5) is 5.00. The summed E-state index contributed by atoms with van der Waals surface area (Å²) in [6.45, 7) is 5.66. The average molecular weight is 283 g/mol. The number of rotatable bonds is 6. The van der Waals surface area contributed by atoms with Gasteiger partial charge in [0.15, 0.2) is 0 Å². The maximum absolute atomic E-state index is 9.47.